The molecule has 0 bridgehead atoms. The van der Waals surface area contributed by atoms with Crippen LogP contribution in [0.1, 0.15) is 23.6 Å². The molecule has 1 heterocycles. The van der Waals surface area contributed by atoms with Crippen molar-refractivity contribution in [2.24, 2.45) is 0 Å². The third-order valence-corrected chi connectivity index (χ3v) is 2.40. The van der Waals surface area contributed by atoms with Crippen molar-refractivity contribution in [3.63, 3.8) is 0 Å². The molecule has 1 atom stereocenters. The highest BCUT2D eigenvalue weighted by Crippen LogP contribution is 2.38. The van der Waals surface area contributed by atoms with Crippen LogP contribution in [-0.2, 0) is 12.6 Å². The first-order chi connectivity index (χ1) is 7.77. The van der Waals surface area contributed by atoms with E-state index in [-0.39, 0.29) is 12.0 Å². The van der Waals surface area contributed by atoms with Gasteiger partial charge in [0.25, 0.3) is 0 Å². The van der Waals surface area contributed by atoms with Crippen molar-refractivity contribution < 1.29 is 23.0 Å². The van der Waals surface area contributed by atoms with Crippen LogP contribution < -0.4 is 4.74 Å². The Labute approximate surface area is 97.2 Å². The lowest BCUT2D eigenvalue weighted by atomic mass is 10.0. The third kappa shape index (κ3) is 3.09. The molecular weight excluding hydrogens is 235 g/mol. The molecule has 0 saturated carbocycles. The zero-order valence-electron chi connectivity index (χ0n) is 9.80. The number of aromatic nitrogens is 1. The molecule has 3 nitrogen and oxygen atoms in total. The van der Waals surface area contributed by atoms with Crippen molar-refractivity contribution in [3.05, 3.63) is 22.9 Å². The molecule has 0 aliphatic heterocycles. The second-order valence-corrected chi connectivity index (χ2v) is 3.84. The van der Waals surface area contributed by atoms with Crippen LogP contribution in [0.3, 0.4) is 0 Å². The van der Waals surface area contributed by atoms with Gasteiger partial charge in [-0.05, 0) is 31.4 Å². The van der Waals surface area contributed by atoms with Crippen LogP contribution in [0.15, 0.2) is 6.20 Å². The number of aliphatic hydroxyl groups excluding tert-OH is 1. The summed E-state index contributed by atoms with van der Waals surface area (Å²) in [5.74, 6) is -0.440. The monoisotopic (exact) mass is 249 g/mol. The van der Waals surface area contributed by atoms with E-state index in [1.807, 2.05) is 0 Å². The highest BCUT2D eigenvalue weighted by atomic mass is 19.4. The Bertz CT molecular complexity index is 402. The number of nitrogens with zero attached hydrogens (tertiary/aromatic N) is 1. The minimum atomic E-state index is -4.52. The molecule has 1 N–H and O–H groups in total. The summed E-state index contributed by atoms with van der Waals surface area (Å²) in [5.41, 5.74) is -0.462. The fourth-order valence-corrected chi connectivity index (χ4v) is 1.63. The maximum absolute atomic E-state index is 12.8. The molecule has 17 heavy (non-hydrogen) atoms. The molecule has 1 aromatic heterocycles. The van der Waals surface area contributed by atoms with Crippen molar-refractivity contribution in [2.45, 2.75) is 32.5 Å². The van der Waals surface area contributed by atoms with E-state index in [4.69, 9.17) is 0 Å². The molecule has 0 radical (unpaired) electrons. The summed E-state index contributed by atoms with van der Waals surface area (Å²) in [7, 11) is 1.14. The Kier molecular flexibility index (Phi) is 3.98. The molecule has 6 heteroatoms. The fraction of sp³-hybridized carbons (Fsp3) is 0.545. The number of hydrogen-bond acceptors (Lipinski definition) is 3. The average Bonchev–Trinajstić information content (AvgIpc) is 2.18. The van der Waals surface area contributed by atoms with Gasteiger partial charge in [0.05, 0.1) is 13.2 Å². The highest BCUT2D eigenvalue weighted by Gasteiger charge is 2.37. The van der Waals surface area contributed by atoms with Gasteiger partial charge in [-0.1, -0.05) is 0 Å². The largest absolute Gasteiger partial charge is 0.481 e. The number of halogens is 3. The van der Waals surface area contributed by atoms with E-state index < -0.39 is 23.7 Å². The highest BCUT2D eigenvalue weighted by molar-refractivity contribution is 5.41. The lowest BCUT2D eigenvalue weighted by Gasteiger charge is -2.17. The van der Waals surface area contributed by atoms with Gasteiger partial charge >= 0.3 is 6.18 Å². The van der Waals surface area contributed by atoms with Crippen LogP contribution in [0, 0.1) is 6.92 Å². The van der Waals surface area contributed by atoms with Crippen LogP contribution in [-0.4, -0.2) is 23.3 Å². The van der Waals surface area contributed by atoms with Crippen molar-refractivity contribution >= 4 is 0 Å². The van der Waals surface area contributed by atoms with Crippen LogP contribution in [0.4, 0.5) is 13.2 Å². The number of pyridine rings is 1. The van der Waals surface area contributed by atoms with Gasteiger partial charge < -0.3 is 9.84 Å². The molecule has 0 unspecified atom stereocenters. The summed E-state index contributed by atoms with van der Waals surface area (Å²) in [6, 6.07) is 0. The van der Waals surface area contributed by atoms with Crippen molar-refractivity contribution in [3.8, 4) is 5.88 Å². The van der Waals surface area contributed by atoms with E-state index >= 15 is 0 Å². The SMILES string of the molecule is COc1ncc(C[C@H](C)O)c(C)c1C(F)(F)F. The predicted octanol–water partition coefficient (Wildman–Crippen LogP) is 2.34. The van der Waals surface area contributed by atoms with Gasteiger partial charge in [0, 0.05) is 6.20 Å². The summed E-state index contributed by atoms with van der Waals surface area (Å²) in [5, 5.41) is 9.21. The minimum Gasteiger partial charge on any atom is -0.481 e. The van der Waals surface area contributed by atoms with Gasteiger partial charge in [-0.3, -0.25) is 0 Å². The smallest absolute Gasteiger partial charge is 0.421 e. The summed E-state index contributed by atoms with van der Waals surface area (Å²) >= 11 is 0. The van der Waals surface area contributed by atoms with E-state index in [9.17, 15) is 18.3 Å². The molecule has 1 aromatic rings. The Morgan fingerprint density at radius 2 is 2.06 bits per heavy atom. The molecule has 96 valence electrons. The Morgan fingerprint density at radius 1 is 1.47 bits per heavy atom. The second kappa shape index (κ2) is 4.91. The summed E-state index contributed by atoms with van der Waals surface area (Å²) in [4.78, 5) is 3.62. The third-order valence-electron chi connectivity index (χ3n) is 2.40. The van der Waals surface area contributed by atoms with E-state index in [1.165, 1.54) is 20.0 Å². The second-order valence-electron chi connectivity index (χ2n) is 3.84. The van der Waals surface area contributed by atoms with Crippen molar-refractivity contribution in [1.82, 2.24) is 4.98 Å². The van der Waals surface area contributed by atoms with Gasteiger partial charge in [0.2, 0.25) is 5.88 Å². The number of ether oxygens (including phenoxy) is 1. The fourth-order valence-electron chi connectivity index (χ4n) is 1.63. The van der Waals surface area contributed by atoms with Gasteiger partial charge in [-0.15, -0.1) is 0 Å². The van der Waals surface area contributed by atoms with Gasteiger partial charge in [0.15, 0.2) is 0 Å². The molecular formula is C11H14F3NO2. The minimum absolute atomic E-state index is 0.0465. The zero-order valence-corrected chi connectivity index (χ0v) is 9.80. The molecule has 0 spiro atoms. The Hall–Kier alpha value is -1.30. The van der Waals surface area contributed by atoms with E-state index in [0.717, 1.165) is 7.11 Å². The number of hydrogen-bond donors (Lipinski definition) is 1. The normalized spacial score (nSPS) is 13.6. The van der Waals surface area contributed by atoms with Gasteiger partial charge in [0.1, 0.15) is 5.56 Å². The molecule has 0 aliphatic carbocycles. The van der Waals surface area contributed by atoms with E-state index in [0.29, 0.717) is 5.56 Å². The molecule has 0 aliphatic rings. The van der Waals surface area contributed by atoms with Crippen molar-refractivity contribution in [1.29, 1.82) is 0 Å². The Balaban J connectivity index is 3.33. The first-order valence-electron chi connectivity index (χ1n) is 5.05. The van der Waals surface area contributed by atoms with E-state index in [1.54, 1.807) is 0 Å². The first kappa shape index (κ1) is 13.8. The van der Waals surface area contributed by atoms with Gasteiger partial charge in [-0.25, -0.2) is 4.98 Å². The van der Waals surface area contributed by atoms with Crippen molar-refractivity contribution in [2.75, 3.05) is 7.11 Å². The van der Waals surface area contributed by atoms with Crippen LogP contribution in [0.2, 0.25) is 0 Å². The molecule has 0 fully saturated rings. The number of methoxy groups -OCH3 is 1. The molecule has 0 aromatic carbocycles. The molecule has 0 amide bonds. The standard InChI is InChI=1S/C11H14F3NO2/c1-6(16)4-8-5-15-10(17-3)9(7(8)2)11(12,13)14/h5-6,16H,4H2,1-3H3/t6-/m0/s1. The maximum atomic E-state index is 12.8. The number of rotatable bonds is 3. The molecule has 1 rings (SSSR count). The van der Waals surface area contributed by atoms with Gasteiger partial charge in [-0.2, -0.15) is 13.2 Å². The predicted molar refractivity (Wildman–Crippen MR) is 55.9 cm³/mol. The Morgan fingerprint density at radius 3 is 2.47 bits per heavy atom. The van der Waals surface area contributed by atoms with Crippen LogP contribution in [0.25, 0.3) is 0 Å². The average molecular weight is 249 g/mol. The number of aliphatic hydroxyl groups is 1. The summed E-state index contributed by atoms with van der Waals surface area (Å²) in [6.07, 6.45) is -3.80. The summed E-state index contributed by atoms with van der Waals surface area (Å²) < 4.78 is 43.1. The van der Waals surface area contributed by atoms with Crippen LogP contribution in [0.5, 0.6) is 5.88 Å². The quantitative estimate of drug-likeness (QED) is 0.894. The zero-order chi connectivity index (χ0) is 13.2. The molecule has 0 saturated heterocycles. The lowest BCUT2D eigenvalue weighted by Crippen LogP contribution is -2.15. The first-order valence-corrected chi connectivity index (χ1v) is 5.05. The summed E-state index contributed by atoms with van der Waals surface area (Å²) in [6.45, 7) is 2.86. The van der Waals surface area contributed by atoms with Crippen LogP contribution >= 0.6 is 0 Å². The number of alkyl halides is 3. The maximum Gasteiger partial charge on any atom is 0.421 e. The topological polar surface area (TPSA) is 42.4 Å². The van der Waals surface area contributed by atoms with E-state index in [2.05, 4.69) is 9.72 Å². The lowest BCUT2D eigenvalue weighted by molar-refractivity contribution is -0.139.